The number of piperidine rings is 1. The number of ether oxygens (including phenoxy) is 1. The number of hydrogen-bond donors (Lipinski definition) is 2. The maximum atomic E-state index is 11.4. The Morgan fingerprint density at radius 2 is 1.63 bits per heavy atom. The highest BCUT2D eigenvalue weighted by Crippen LogP contribution is 2.11. The van der Waals surface area contributed by atoms with Crippen molar-refractivity contribution in [1.82, 2.24) is 10.6 Å². The number of nitrogens with one attached hydrogen (secondary N) is 2. The Balaban J connectivity index is 0. The fraction of sp³-hybridized carbons (Fsp3) is 0.933. The first-order chi connectivity index (χ1) is 8.97. The van der Waals surface area contributed by atoms with Crippen LogP contribution >= 0.6 is 0 Å². The van der Waals surface area contributed by atoms with E-state index in [0.717, 1.165) is 32.5 Å². The van der Waals surface area contributed by atoms with Crippen molar-refractivity contribution in [3.05, 3.63) is 0 Å². The van der Waals surface area contributed by atoms with Gasteiger partial charge in [-0.15, -0.1) is 0 Å². The van der Waals surface area contributed by atoms with Crippen molar-refractivity contribution in [2.24, 2.45) is 5.92 Å². The lowest BCUT2D eigenvalue weighted by molar-refractivity contribution is 0.0516. The molecule has 116 valence electrons. The Morgan fingerprint density at radius 3 is 2.05 bits per heavy atom. The topological polar surface area (TPSA) is 50.4 Å². The van der Waals surface area contributed by atoms with Gasteiger partial charge in [0, 0.05) is 6.54 Å². The quantitative estimate of drug-likeness (QED) is 0.809. The van der Waals surface area contributed by atoms with E-state index in [1.165, 1.54) is 0 Å². The van der Waals surface area contributed by atoms with Crippen molar-refractivity contribution in [1.29, 1.82) is 0 Å². The number of alkyl carbamates (subject to hydrolysis) is 1. The van der Waals surface area contributed by atoms with Crippen LogP contribution in [0.1, 0.15) is 61.3 Å². The summed E-state index contributed by atoms with van der Waals surface area (Å²) in [6, 6.07) is 0. The first kappa shape index (κ1) is 20.5. The maximum Gasteiger partial charge on any atom is 0.407 e. The third-order valence-electron chi connectivity index (χ3n) is 2.39. The van der Waals surface area contributed by atoms with Crippen molar-refractivity contribution >= 4 is 6.09 Å². The van der Waals surface area contributed by atoms with Gasteiger partial charge >= 0.3 is 6.09 Å². The minimum atomic E-state index is -0.405. The SMILES string of the molecule is CC.CC.CC(C)(C)OC(=O)NCC1CCNCC1. The molecule has 1 aliphatic rings. The van der Waals surface area contributed by atoms with E-state index in [1.807, 2.05) is 48.5 Å². The third-order valence-corrected chi connectivity index (χ3v) is 2.39. The number of amides is 1. The summed E-state index contributed by atoms with van der Waals surface area (Å²) >= 11 is 0. The summed E-state index contributed by atoms with van der Waals surface area (Å²) in [5.41, 5.74) is -0.405. The Bertz CT molecular complexity index is 207. The van der Waals surface area contributed by atoms with Crippen LogP contribution in [0.25, 0.3) is 0 Å². The van der Waals surface area contributed by atoms with Crippen LogP contribution in [-0.4, -0.2) is 31.3 Å². The van der Waals surface area contributed by atoms with Gasteiger partial charge in [0.2, 0.25) is 0 Å². The molecule has 0 atom stereocenters. The average molecular weight is 274 g/mol. The van der Waals surface area contributed by atoms with Crippen molar-refractivity contribution in [2.45, 2.75) is 66.9 Å². The summed E-state index contributed by atoms with van der Waals surface area (Å²) in [4.78, 5) is 11.4. The Morgan fingerprint density at radius 1 is 1.16 bits per heavy atom. The minimum Gasteiger partial charge on any atom is -0.444 e. The van der Waals surface area contributed by atoms with Gasteiger partial charge in [-0.1, -0.05) is 27.7 Å². The van der Waals surface area contributed by atoms with Gasteiger partial charge in [0.05, 0.1) is 0 Å². The number of hydrogen-bond acceptors (Lipinski definition) is 3. The van der Waals surface area contributed by atoms with Gasteiger partial charge < -0.3 is 15.4 Å². The number of carbonyl (C=O) groups is 1. The lowest BCUT2D eigenvalue weighted by atomic mass is 9.98. The molecule has 1 heterocycles. The largest absolute Gasteiger partial charge is 0.444 e. The lowest BCUT2D eigenvalue weighted by Crippen LogP contribution is -2.38. The summed E-state index contributed by atoms with van der Waals surface area (Å²) in [6.07, 6.45) is 1.96. The van der Waals surface area contributed by atoms with E-state index in [-0.39, 0.29) is 6.09 Å². The predicted molar refractivity (Wildman–Crippen MR) is 82.5 cm³/mol. The highest BCUT2D eigenvalue weighted by Gasteiger charge is 2.18. The molecule has 4 nitrogen and oxygen atoms in total. The third kappa shape index (κ3) is 13.5. The highest BCUT2D eigenvalue weighted by atomic mass is 16.6. The predicted octanol–water partition coefficient (Wildman–Crippen LogP) is 3.56. The molecule has 19 heavy (non-hydrogen) atoms. The van der Waals surface area contributed by atoms with E-state index < -0.39 is 5.60 Å². The standard InChI is InChI=1S/C11H22N2O2.2C2H6/c1-11(2,3)15-10(14)13-8-9-4-6-12-7-5-9;2*1-2/h9,12H,4-8H2,1-3H3,(H,13,14);2*1-2H3. The van der Waals surface area contributed by atoms with Crippen LogP contribution in [-0.2, 0) is 4.74 Å². The summed E-state index contributed by atoms with van der Waals surface area (Å²) in [6.45, 7) is 16.5. The molecule has 0 aliphatic carbocycles. The van der Waals surface area contributed by atoms with Crippen LogP contribution in [0.15, 0.2) is 0 Å². The Labute approximate surface area is 119 Å². The minimum absolute atomic E-state index is 0.305. The van der Waals surface area contributed by atoms with Gasteiger partial charge in [-0.05, 0) is 52.6 Å². The summed E-state index contributed by atoms with van der Waals surface area (Å²) in [7, 11) is 0. The molecule has 0 aromatic rings. The molecule has 1 amide bonds. The van der Waals surface area contributed by atoms with Gasteiger partial charge in [-0.25, -0.2) is 4.79 Å². The van der Waals surface area contributed by atoms with Gasteiger partial charge in [-0.3, -0.25) is 0 Å². The van der Waals surface area contributed by atoms with Gasteiger partial charge in [-0.2, -0.15) is 0 Å². The molecule has 4 heteroatoms. The maximum absolute atomic E-state index is 11.4. The summed E-state index contributed by atoms with van der Waals surface area (Å²) < 4.78 is 5.16. The van der Waals surface area contributed by atoms with Crippen LogP contribution in [0, 0.1) is 5.92 Å². The molecular weight excluding hydrogens is 240 g/mol. The average Bonchev–Trinajstić information content (AvgIpc) is 2.40. The molecule has 1 rings (SSSR count). The van der Waals surface area contributed by atoms with Crippen molar-refractivity contribution in [3.8, 4) is 0 Å². The van der Waals surface area contributed by atoms with E-state index >= 15 is 0 Å². The second-order valence-corrected chi connectivity index (χ2v) is 5.08. The molecule has 0 radical (unpaired) electrons. The van der Waals surface area contributed by atoms with Crippen molar-refractivity contribution in [3.63, 3.8) is 0 Å². The van der Waals surface area contributed by atoms with Crippen LogP contribution in [0.4, 0.5) is 4.79 Å². The van der Waals surface area contributed by atoms with Crippen molar-refractivity contribution in [2.75, 3.05) is 19.6 Å². The van der Waals surface area contributed by atoms with Crippen LogP contribution in [0.3, 0.4) is 0 Å². The van der Waals surface area contributed by atoms with Crippen LogP contribution < -0.4 is 10.6 Å². The molecule has 2 N–H and O–H groups in total. The molecule has 0 aromatic carbocycles. The molecule has 1 aliphatic heterocycles. The van der Waals surface area contributed by atoms with E-state index in [4.69, 9.17) is 4.74 Å². The van der Waals surface area contributed by atoms with E-state index in [9.17, 15) is 4.79 Å². The van der Waals surface area contributed by atoms with Gasteiger partial charge in [0.15, 0.2) is 0 Å². The molecular formula is C15H34N2O2. The van der Waals surface area contributed by atoms with Gasteiger partial charge in [0.1, 0.15) is 5.60 Å². The molecule has 0 unspecified atom stereocenters. The number of rotatable bonds is 2. The van der Waals surface area contributed by atoms with Crippen LogP contribution in [0.5, 0.6) is 0 Å². The zero-order valence-corrected chi connectivity index (χ0v) is 13.9. The highest BCUT2D eigenvalue weighted by molar-refractivity contribution is 5.67. The fourth-order valence-electron chi connectivity index (χ4n) is 1.63. The molecule has 1 fully saturated rings. The summed E-state index contributed by atoms with van der Waals surface area (Å²) in [5, 5.41) is 6.12. The molecule has 0 aromatic heterocycles. The Hall–Kier alpha value is -0.770. The smallest absolute Gasteiger partial charge is 0.407 e. The first-order valence-corrected chi connectivity index (χ1v) is 7.65. The monoisotopic (exact) mass is 274 g/mol. The molecule has 0 spiro atoms. The fourth-order valence-corrected chi connectivity index (χ4v) is 1.63. The van der Waals surface area contributed by atoms with Crippen LogP contribution in [0.2, 0.25) is 0 Å². The lowest BCUT2D eigenvalue weighted by Gasteiger charge is -2.24. The zero-order chi connectivity index (χ0) is 15.3. The zero-order valence-electron chi connectivity index (χ0n) is 13.9. The molecule has 0 bridgehead atoms. The number of carbonyl (C=O) groups excluding carboxylic acids is 1. The van der Waals surface area contributed by atoms with E-state index in [0.29, 0.717) is 5.92 Å². The van der Waals surface area contributed by atoms with Crippen molar-refractivity contribution < 1.29 is 9.53 Å². The molecule has 1 saturated heterocycles. The summed E-state index contributed by atoms with van der Waals surface area (Å²) in [5.74, 6) is 0.596. The second kappa shape index (κ2) is 12.3. The molecule has 0 saturated carbocycles. The second-order valence-electron chi connectivity index (χ2n) is 5.08. The first-order valence-electron chi connectivity index (χ1n) is 7.65. The Kier molecular flexibility index (Phi) is 13.3. The van der Waals surface area contributed by atoms with E-state index in [1.54, 1.807) is 0 Å². The van der Waals surface area contributed by atoms with Gasteiger partial charge in [0.25, 0.3) is 0 Å². The van der Waals surface area contributed by atoms with E-state index in [2.05, 4.69) is 10.6 Å². The normalized spacial score (nSPS) is 15.3.